The van der Waals surface area contributed by atoms with Gasteiger partial charge in [-0.1, -0.05) is 27.7 Å². The third kappa shape index (κ3) is 12.0. The minimum Gasteiger partial charge on any atom is -0.434 e. The number of carbonyl (C=O) groups excluding carboxylic acids is 1. The van der Waals surface area contributed by atoms with E-state index in [2.05, 4.69) is 27.7 Å². The van der Waals surface area contributed by atoms with Crippen molar-refractivity contribution in [3.05, 3.63) is 0 Å². The van der Waals surface area contributed by atoms with Gasteiger partial charge in [0.2, 0.25) is 0 Å². The van der Waals surface area contributed by atoms with Crippen LogP contribution in [0.15, 0.2) is 0 Å². The average Bonchev–Trinajstić information content (AvgIpc) is 2.22. The SMILES string of the molecule is CC(C)CC(CC(C)C)OC(=O)OCCCC(C)O. The summed E-state index contributed by atoms with van der Waals surface area (Å²) in [6.45, 7) is 10.5. The van der Waals surface area contributed by atoms with E-state index in [0.717, 1.165) is 12.8 Å². The van der Waals surface area contributed by atoms with Gasteiger partial charge in [-0.15, -0.1) is 0 Å². The number of rotatable bonds is 9. The fraction of sp³-hybridized carbons (Fsp3) is 0.933. The van der Waals surface area contributed by atoms with Gasteiger partial charge in [-0.3, -0.25) is 0 Å². The minimum absolute atomic E-state index is 0.0655. The highest BCUT2D eigenvalue weighted by molar-refractivity contribution is 5.60. The van der Waals surface area contributed by atoms with Crippen LogP contribution in [0.2, 0.25) is 0 Å². The van der Waals surface area contributed by atoms with Crippen LogP contribution in [-0.4, -0.2) is 30.1 Å². The molecule has 1 N–H and O–H groups in total. The van der Waals surface area contributed by atoms with Crippen LogP contribution in [0.1, 0.15) is 60.3 Å². The van der Waals surface area contributed by atoms with E-state index in [1.54, 1.807) is 6.92 Å². The second-order valence-corrected chi connectivity index (χ2v) is 6.09. The van der Waals surface area contributed by atoms with E-state index in [9.17, 15) is 4.79 Å². The minimum atomic E-state index is -0.586. The van der Waals surface area contributed by atoms with Crippen LogP contribution in [-0.2, 0) is 9.47 Å². The Labute approximate surface area is 117 Å². The summed E-state index contributed by atoms with van der Waals surface area (Å²) in [6.07, 6.45) is 2.01. The fourth-order valence-corrected chi connectivity index (χ4v) is 1.95. The molecule has 0 aromatic carbocycles. The number of hydrogen-bond acceptors (Lipinski definition) is 4. The van der Waals surface area contributed by atoms with Gasteiger partial charge in [0, 0.05) is 0 Å². The molecule has 0 heterocycles. The van der Waals surface area contributed by atoms with Crippen molar-refractivity contribution in [1.82, 2.24) is 0 Å². The van der Waals surface area contributed by atoms with Gasteiger partial charge in [-0.25, -0.2) is 4.79 Å². The molecule has 0 saturated carbocycles. The summed E-state index contributed by atoms with van der Waals surface area (Å²) < 4.78 is 10.4. The second kappa shape index (κ2) is 10.1. The predicted octanol–water partition coefficient (Wildman–Crippen LogP) is 3.76. The molecule has 1 unspecified atom stereocenters. The molecule has 0 aromatic rings. The van der Waals surface area contributed by atoms with Crippen molar-refractivity contribution >= 4 is 6.16 Å². The zero-order chi connectivity index (χ0) is 14.8. The fourth-order valence-electron chi connectivity index (χ4n) is 1.95. The molecule has 0 aliphatic rings. The van der Waals surface area contributed by atoms with Crippen LogP contribution in [0.3, 0.4) is 0 Å². The largest absolute Gasteiger partial charge is 0.508 e. The molecule has 0 fully saturated rings. The molecule has 0 aliphatic heterocycles. The van der Waals surface area contributed by atoms with E-state index >= 15 is 0 Å². The van der Waals surface area contributed by atoms with Crippen LogP contribution in [0.4, 0.5) is 4.79 Å². The topological polar surface area (TPSA) is 55.8 Å². The van der Waals surface area contributed by atoms with Crippen LogP contribution in [0.5, 0.6) is 0 Å². The molecular formula is C15H30O4. The van der Waals surface area contributed by atoms with Crippen LogP contribution < -0.4 is 0 Å². The maximum absolute atomic E-state index is 11.6. The third-order valence-corrected chi connectivity index (χ3v) is 2.72. The zero-order valence-electron chi connectivity index (χ0n) is 13.0. The lowest BCUT2D eigenvalue weighted by Crippen LogP contribution is -2.23. The molecule has 0 rings (SSSR count). The van der Waals surface area contributed by atoms with E-state index in [1.165, 1.54) is 0 Å². The van der Waals surface area contributed by atoms with Crippen molar-refractivity contribution in [1.29, 1.82) is 0 Å². The summed E-state index contributed by atoms with van der Waals surface area (Å²) in [4.78, 5) is 11.6. The van der Waals surface area contributed by atoms with E-state index in [1.807, 2.05) is 0 Å². The molecule has 0 spiro atoms. The van der Waals surface area contributed by atoms with Gasteiger partial charge < -0.3 is 14.6 Å². The Bertz CT molecular complexity index is 226. The highest BCUT2D eigenvalue weighted by Crippen LogP contribution is 2.17. The van der Waals surface area contributed by atoms with Crippen molar-refractivity contribution in [3.63, 3.8) is 0 Å². The van der Waals surface area contributed by atoms with Crippen LogP contribution in [0, 0.1) is 11.8 Å². The maximum Gasteiger partial charge on any atom is 0.508 e. The summed E-state index contributed by atoms with van der Waals surface area (Å²) in [5, 5.41) is 9.09. The van der Waals surface area contributed by atoms with Crippen LogP contribution >= 0.6 is 0 Å². The van der Waals surface area contributed by atoms with Crippen LogP contribution in [0.25, 0.3) is 0 Å². The molecule has 19 heavy (non-hydrogen) atoms. The van der Waals surface area contributed by atoms with Crippen molar-refractivity contribution < 1.29 is 19.4 Å². The first-order chi connectivity index (χ1) is 8.81. The summed E-state index contributed by atoms with van der Waals surface area (Å²) in [7, 11) is 0. The Morgan fingerprint density at radius 1 is 1.05 bits per heavy atom. The van der Waals surface area contributed by atoms with Crippen molar-refractivity contribution in [2.45, 2.75) is 72.5 Å². The number of aliphatic hydroxyl groups is 1. The molecule has 4 heteroatoms. The first-order valence-electron chi connectivity index (χ1n) is 7.32. The summed E-state index contributed by atoms with van der Waals surface area (Å²) in [5.74, 6) is 0.985. The summed E-state index contributed by atoms with van der Waals surface area (Å²) in [5.41, 5.74) is 0. The molecule has 1 atom stereocenters. The molecule has 4 nitrogen and oxygen atoms in total. The molecule has 114 valence electrons. The summed E-state index contributed by atoms with van der Waals surface area (Å²) >= 11 is 0. The van der Waals surface area contributed by atoms with Gasteiger partial charge in [-0.2, -0.15) is 0 Å². The van der Waals surface area contributed by atoms with Crippen molar-refractivity contribution in [3.8, 4) is 0 Å². The molecule has 0 radical (unpaired) electrons. The smallest absolute Gasteiger partial charge is 0.434 e. The Hall–Kier alpha value is -0.770. The van der Waals surface area contributed by atoms with Gasteiger partial charge in [0.25, 0.3) is 0 Å². The van der Waals surface area contributed by atoms with Crippen molar-refractivity contribution in [2.24, 2.45) is 11.8 Å². The number of carbonyl (C=O) groups is 1. The normalized spacial score (nSPS) is 13.1. The lowest BCUT2D eigenvalue weighted by atomic mass is 9.98. The van der Waals surface area contributed by atoms with Gasteiger partial charge in [0.15, 0.2) is 0 Å². The lowest BCUT2D eigenvalue weighted by molar-refractivity contribution is 0.00792. The second-order valence-electron chi connectivity index (χ2n) is 6.09. The summed E-state index contributed by atoms with van der Waals surface area (Å²) in [6, 6.07) is 0. The number of ether oxygens (including phenoxy) is 2. The first kappa shape index (κ1) is 18.2. The molecule has 0 aliphatic carbocycles. The monoisotopic (exact) mass is 274 g/mol. The van der Waals surface area contributed by atoms with E-state index in [4.69, 9.17) is 14.6 Å². The standard InChI is InChI=1S/C15H30O4/c1-11(2)9-14(10-12(3)4)19-15(17)18-8-6-7-13(5)16/h11-14,16H,6-10H2,1-5H3. The van der Waals surface area contributed by atoms with Gasteiger partial charge in [0.1, 0.15) is 6.10 Å². The van der Waals surface area contributed by atoms with E-state index < -0.39 is 6.16 Å². The molecule has 0 amide bonds. The molecule has 0 aromatic heterocycles. The zero-order valence-corrected chi connectivity index (χ0v) is 13.0. The van der Waals surface area contributed by atoms with Crippen molar-refractivity contribution in [2.75, 3.05) is 6.61 Å². The Morgan fingerprint density at radius 2 is 1.58 bits per heavy atom. The maximum atomic E-state index is 11.6. The molecular weight excluding hydrogens is 244 g/mol. The molecule has 0 saturated heterocycles. The number of aliphatic hydroxyl groups excluding tert-OH is 1. The van der Waals surface area contributed by atoms with E-state index in [0.29, 0.717) is 31.3 Å². The van der Waals surface area contributed by atoms with Gasteiger partial charge in [0.05, 0.1) is 12.7 Å². The average molecular weight is 274 g/mol. The predicted molar refractivity (Wildman–Crippen MR) is 76.0 cm³/mol. The van der Waals surface area contributed by atoms with E-state index in [-0.39, 0.29) is 12.2 Å². The lowest BCUT2D eigenvalue weighted by Gasteiger charge is -2.21. The number of hydrogen-bond donors (Lipinski definition) is 1. The quantitative estimate of drug-likeness (QED) is 0.514. The Balaban J connectivity index is 3.94. The molecule has 0 bridgehead atoms. The Morgan fingerprint density at radius 3 is 2.00 bits per heavy atom. The third-order valence-electron chi connectivity index (χ3n) is 2.72. The highest BCUT2D eigenvalue weighted by Gasteiger charge is 2.18. The highest BCUT2D eigenvalue weighted by atomic mass is 16.7. The van der Waals surface area contributed by atoms with Gasteiger partial charge in [-0.05, 0) is 44.4 Å². The van der Waals surface area contributed by atoms with Gasteiger partial charge >= 0.3 is 6.16 Å². The first-order valence-corrected chi connectivity index (χ1v) is 7.32. The Kier molecular flexibility index (Phi) is 9.66.